The molecule has 0 saturated carbocycles. The molecule has 1 aromatic carbocycles. The number of nitrogens with one attached hydrogen (secondary N) is 2. The smallest absolute Gasteiger partial charge is 0.275 e. The highest BCUT2D eigenvalue weighted by Crippen LogP contribution is 2.22. The number of carbonyl (C=O) groups is 1. The predicted molar refractivity (Wildman–Crippen MR) is 107 cm³/mol. The highest BCUT2D eigenvalue weighted by molar-refractivity contribution is 7.89. The number of rotatable bonds is 8. The minimum atomic E-state index is -3.47. The van der Waals surface area contributed by atoms with E-state index in [0.717, 1.165) is 23.3 Å². The van der Waals surface area contributed by atoms with Gasteiger partial charge in [0.25, 0.3) is 5.91 Å². The molecule has 0 aliphatic carbocycles. The van der Waals surface area contributed by atoms with E-state index < -0.39 is 10.0 Å². The lowest BCUT2D eigenvalue weighted by atomic mass is 9.99. The number of hydrogen-bond acceptors (Lipinski definition) is 3. The summed E-state index contributed by atoms with van der Waals surface area (Å²) in [6.45, 7) is 10.9. The van der Waals surface area contributed by atoms with Crippen molar-refractivity contribution in [1.82, 2.24) is 9.62 Å². The molecule has 1 fully saturated rings. The van der Waals surface area contributed by atoms with Gasteiger partial charge in [-0.1, -0.05) is 32.9 Å². The first-order chi connectivity index (χ1) is 12.8. The van der Waals surface area contributed by atoms with E-state index >= 15 is 0 Å². The van der Waals surface area contributed by atoms with Crippen LogP contribution in [0, 0.1) is 0 Å². The third kappa shape index (κ3) is 5.77. The van der Waals surface area contributed by atoms with Crippen LogP contribution >= 0.6 is 0 Å². The molecule has 0 unspecified atom stereocenters. The van der Waals surface area contributed by atoms with E-state index in [0.29, 0.717) is 43.5 Å². The van der Waals surface area contributed by atoms with Crippen LogP contribution in [0.2, 0.25) is 0 Å². The average Bonchev–Trinajstić information content (AvgIpc) is 2.67. The van der Waals surface area contributed by atoms with Gasteiger partial charge in [0.1, 0.15) is 0 Å². The molecule has 1 aliphatic rings. The fourth-order valence-electron chi connectivity index (χ4n) is 3.23. The molecule has 6 nitrogen and oxygen atoms in total. The van der Waals surface area contributed by atoms with E-state index in [9.17, 15) is 13.2 Å². The van der Waals surface area contributed by atoms with Gasteiger partial charge in [0.05, 0.1) is 31.1 Å². The number of piperazine rings is 1. The third-order valence-corrected chi connectivity index (χ3v) is 7.47. The van der Waals surface area contributed by atoms with Crippen molar-refractivity contribution in [3.63, 3.8) is 0 Å². The molecule has 0 aromatic heterocycles. The molecule has 27 heavy (non-hydrogen) atoms. The maximum atomic E-state index is 12.9. The molecule has 0 bridgehead atoms. The number of nitrogens with zero attached hydrogens (tertiary/aromatic N) is 1. The second-order valence-corrected chi connectivity index (χ2v) is 9.52. The van der Waals surface area contributed by atoms with Crippen molar-refractivity contribution in [3.8, 4) is 0 Å². The third-order valence-electron chi connectivity index (χ3n) is 5.56. The highest BCUT2D eigenvalue weighted by atomic mass is 32.2. The fraction of sp³-hybridized carbons (Fsp3) is 0.650. The fourth-order valence-corrected chi connectivity index (χ4v) is 4.67. The van der Waals surface area contributed by atoms with Crippen LogP contribution in [-0.4, -0.2) is 57.4 Å². The van der Waals surface area contributed by atoms with Gasteiger partial charge >= 0.3 is 0 Å². The van der Waals surface area contributed by atoms with Gasteiger partial charge < -0.3 is 10.2 Å². The molecule has 2 rings (SSSR count). The SMILES string of the molecule is CC[C@@H](C)NC(=O)C[NH+]1CCN(S(=O)(=O)c2ccc([C@@H](C)CC)cc2)CC1. The van der Waals surface area contributed by atoms with Gasteiger partial charge in [-0.15, -0.1) is 0 Å². The zero-order valence-electron chi connectivity index (χ0n) is 17.0. The maximum absolute atomic E-state index is 12.9. The Hall–Kier alpha value is -1.44. The number of sulfonamides is 1. The Morgan fingerprint density at radius 2 is 1.70 bits per heavy atom. The van der Waals surface area contributed by atoms with Crippen LogP contribution in [0.4, 0.5) is 0 Å². The van der Waals surface area contributed by atoms with E-state index in [1.54, 1.807) is 16.4 Å². The number of carbonyl (C=O) groups excluding carboxylic acids is 1. The molecular formula is C20H34N3O3S+. The lowest BCUT2D eigenvalue weighted by Crippen LogP contribution is -3.15. The van der Waals surface area contributed by atoms with Crippen LogP contribution in [0.15, 0.2) is 29.2 Å². The molecule has 1 saturated heterocycles. The van der Waals surface area contributed by atoms with Crippen LogP contribution in [0.3, 0.4) is 0 Å². The zero-order chi connectivity index (χ0) is 20.0. The summed E-state index contributed by atoms with van der Waals surface area (Å²) in [7, 11) is -3.47. The molecule has 1 amide bonds. The van der Waals surface area contributed by atoms with Crippen molar-refractivity contribution in [1.29, 1.82) is 0 Å². The average molecular weight is 397 g/mol. The Kier molecular flexibility index (Phi) is 7.82. The van der Waals surface area contributed by atoms with E-state index in [2.05, 4.69) is 19.2 Å². The molecule has 152 valence electrons. The van der Waals surface area contributed by atoms with Gasteiger partial charge in [0, 0.05) is 6.04 Å². The minimum Gasteiger partial charge on any atom is -0.349 e. The van der Waals surface area contributed by atoms with E-state index in [1.807, 2.05) is 26.0 Å². The topological polar surface area (TPSA) is 70.9 Å². The Morgan fingerprint density at radius 3 is 2.22 bits per heavy atom. The predicted octanol–water partition coefficient (Wildman–Crippen LogP) is 1.00. The Balaban J connectivity index is 1.93. The number of amides is 1. The summed E-state index contributed by atoms with van der Waals surface area (Å²) < 4.78 is 27.3. The number of hydrogen-bond donors (Lipinski definition) is 2. The molecular weight excluding hydrogens is 362 g/mol. The van der Waals surface area contributed by atoms with Crippen molar-refractivity contribution in [2.45, 2.75) is 57.4 Å². The molecule has 7 heteroatoms. The first-order valence-electron chi connectivity index (χ1n) is 10.0. The van der Waals surface area contributed by atoms with Crippen molar-refractivity contribution < 1.29 is 18.1 Å². The number of benzene rings is 1. The van der Waals surface area contributed by atoms with Crippen LogP contribution < -0.4 is 10.2 Å². The van der Waals surface area contributed by atoms with Gasteiger partial charge in [0.2, 0.25) is 10.0 Å². The lowest BCUT2D eigenvalue weighted by molar-refractivity contribution is -0.895. The summed E-state index contributed by atoms with van der Waals surface area (Å²) >= 11 is 0. The van der Waals surface area contributed by atoms with Gasteiger partial charge in [-0.05, 0) is 43.4 Å². The first-order valence-corrected chi connectivity index (χ1v) is 11.4. The second-order valence-electron chi connectivity index (χ2n) is 7.59. The van der Waals surface area contributed by atoms with Crippen LogP contribution in [0.1, 0.15) is 52.0 Å². The van der Waals surface area contributed by atoms with Gasteiger partial charge in [0.15, 0.2) is 6.54 Å². The molecule has 1 aliphatic heterocycles. The monoisotopic (exact) mass is 396 g/mol. The van der Waals surface area contributed by atoms with Crippen LogP contribution in [-0.2, 0) is 14.8 Å². The summed E-state index contributed by atoms with van der Waals surface area (Å²) in [6.07, 6.45) is 1.93. The maximum Gasteiger partial charge on any atom is 0.275 e. The van der Waals surface area contributed by atoms with E-state index in [4.69, 9.17) is 0 Å². The summed E-state index contributed by atoms with van der Waals surface area (Å²) in [6, 6.07) is 7.45. The normalized spacial score (nSPS) is 18.8. The summed E-state index contributed by atoms with van der Waals surface area (Å²) in [5.74, 6) is 0.465. The second kappa shape index (κ2) is 9.66. The van der Waals surface area contributed by atoms with Gasteiger partial charge in [-0.2, -0.15) is 4.31 Å². The van der Waals surface area contributed by atoms with Gasteiger partial charge in [-0.25, -0.2) is 8.42 Å². The summed E-state index contributed by atoms with van der Waals surface area (Å²) in [5, 5.41) is 2.97. The van der Waals surface area contributed by atoms with Crippen molar-refractivity contribution in [3.05, 3.63) is 29.8 Å². The van der Waals surface area contributed by atoms with Crippen LogP contribution in [0.25, 0.3) is 0 Å². The summed E-state index contributed by atoms with van der Waals surface area (Å²) in [5.41, 5.74) is 1.16. The Morgan fingerprint density at radius 1 is 1.11 bits per heavy atom. The quantitative estimate of drug-likeness (QED) is 0.689. The lowest BCUT2D eigenvalue weighted by Gasteiger charge is -2.31. The molecule has 0 radical (unpaired) electrons. The molecule has 1 heterocycles. The standard InChI is InChI=1S/C20H33N3O3S/c1-5-16(3)18-7-9-19(10-8-18)27(25,26)23-13-11-22(12-14-23)15-20(24)21-17(4)6-2/h7-10,16-17H,5-6,11-15H2,1-4H3,(H,21,24)/p+1/t16-,17+/m0/s1. The molecule has 2 N–H and O–H groups in total. The molecule has 0 spiro atoms. The molecule has 1 aromatic rings. The Bertz CT molecular complexity index is 710. The summed E-state index contributed by atoms with van der Waals surface area (Å²) in [4.78, 5) is 13.5. The van der Waals surface area contributed by atoms with Crippen molar-refractivity contribution >= 4 is 15.9 Å². The van der Waals surface area contributed by atoms with Crippen LogP contribution in [0.5, 0.6) is 0 Å². The first kappa shape index (κ1) is 21.9. The molecule has 2 atom stereocenters. The van der Waals surface area contributed by atoms with Gasteiger partial charge in [-0.3, -0.25) is 4.79 Å². The minimum absolute atomic E-state index is 0.0382. The number of quaternary nitrogens is 1. The van der Waals surface area contributed by atoms with E-state index in [-0.39, 0.29) is 11.9 Å². The van der Waals surface area contributed by atoms with Crippen molar-refractivity contribution in [2.24, 2.45) is 0 Å². The Labute approximate surface area is 164 Å². The highest BCUT2D eigenvalue weighted by Gasteiger charge is 2.31. The largest absolute Gasteiger partial charge is 0.349 e. The zero-order valence-corrected chi connectivity index (χ0v) is 17.8. The van der Waals surface area contributed by atoms with E-state index in [1.165, 1.54) is 0 Å². The van der Waals surface area contributed by atoms with Crippen molar-refractivity contribution in [2.75, 3.05) is 32.7 Å².